The normalized spacial score (nSPS) is 21.3. The Morgan fingerprint density at radius 1 is 1.50 bits per heavy atom. The maximum atomic E-state index is 11.4. The van der Waals surface area contributed by atoms with Crippen LogP contribution in [0.2, 0.25) is 18.1 Å². The zero-order valence-corrected chi connectivity index (χ0v) is 13.0. The van der Waals surface area contributed by atoms with Crippen molar-refractivity contribution in [1.29, 1.82) is 0 Å². The van der Waals surface area contributed by atoms with Gasteiger partial charge in [-0.15, -0.1) is 0 Å². The molecular weight excluding hydrogens is 250 g/mol. The van der Waals surface area contributed by atoms with Gasteiger partial charge in [-0.1, -0.05) is 20.8 Å². The van der Waals surface area contributed by atoms with Crippen molar-refractivity contribution in [2.75, 3.05) is 26.4 Å². The average Bonchev–Trinajstić information content (AvgIpc) is 2.57. The molecule has 1 fully saturated rings. The lowest BCUT2D eigenvalue weighted by Crippen LogP contribution is -2.46. The van der Waals surface area contributed by atoms with E-state index in [9.17, 15) is 4.79 Å². The van der Waals surface area contributed by atoms with E-state index in [1.54, 1.807) is 4.90 Å². The molecule has 0 aromatic heterocycles. The second kappa shape index (κ2) is 5.58. The van der Waals surface area contributed by atoms with E-state index in [-0.39, 0.29) is 23.8 Å². The van der Waals surface area contributed by atoms with Crippen molar-refractivity contribution in [3.8, 4) is 0 Å². The van der Waals surface area contributed by atoms with Gasteiger partial charge in [0, 0.05) is 6.54 Å². The summed E-state index contributed by atoms with van der Waals surface area (Å²) >= 11 is 0. The Morgan fingerprint density at radius 3 is 2.61 bits per heavy atom. The van der Waals surface area contributed by atoms with E-state index in [0.717, 1.165) is 0 Å². The van der Waals surface area contributed by atoms with Crippen LogP contribution in [-0.4, -0.2) is 56.8 Å². The van der Waals surface area contributed by atoms with Crippen molar-refractivity contribution >= 4 is 14.4 Å². The first-order chi connectivity index (χ1) is 8.19. The third-order valence-corrected chi connectivity index (χ3v) is 8.36. The van der Waals surface area contributed by atoms with Crippen LogP contribution < -0.4 is 0 Å². The largest absolute Gasteiger partial charge is 0.447 e. The molecule has 0 saturated carbocycles. The smallest absolute Gasteiger partial charge is 0.410 e. The molecule has 0 radical (unpaired) electrons. The molecule has 0 spiro atoms. The number of amides is 1. The van der Waals surface area contributed by atoms with Gasteiger partial charge in [0.2, 0.25) is 0 Å². The highest BCUT2D eigenvalue weighted by Crippen LogP contribution is 2.36. The van der Waals surface area contributed by atoms with Gasteiger partial charge in [0.15, 0.2) is 8.32 Å². The first kappa shape index (κ1) is 15.5. The third-order valence-electron chi connectivity index (χ3n) is 3.86. The molecule has 1 atom stereocenters. The number of carbonyl (C=O) groups excluding carboxylic acids is 1. The van der Waals surface area contributed by atoms with Crippen LogP contribution in [0.25, 0.3) is 0 Å². The number of carbonyl (C=O) groups is 1. The van der Waals surface area contributed by atoms with E-state index in [1.807, 2.05) is 0 Å². The monoisotopic (exact) mass is 275 g/mol. The van der Waals surface area contributed by atoms with E-state index < -0.39 is 8.32 Å². The van der Waals surface area contributed by atoms with Crippen molar-refractivity contribution in [3.63, 3.8) is 0 Å². The fraction of sp³-hybridized carbons (Fsp3) is 0.917. The molecule has 6 heteroatoms. The Balaban J connectivity index is 2.55. The molecule has 1 amide bonds. The highest BCUT2D eigenvalue weighted by atomic mass is 28.4. The van der Waals surface area contributed by atoms with Gasteiger partial charge in [-0.3, -0.25) is 4.90 Å². The zero-order valence-electron chi connectivity index (χ0n) is 12.0. The summed E-state index contributed by atoms with van der Waals surface area (Å²) in [6, 6.07) is -0.0706. The molecule has 0 bridgehead atoms. The summed E-state index contributed by atoms with van der Waals surface area (Å²) in [4.78, 5) is 13.0. The highest BCUT2D eigenvalue weighted by molar-refractivity contribution is 6.74. The predicted octanol–water partition coefficient (Wildman–Crippen LogP) is 1.82. The zero-order chi connectivity index (χ0) is 14.0. The minimum Gasteiger partial charge on any atom is -0.447 e. The summed E-state index contributed by atoms with van der Waals surface area (Å²) in [6.45, 7) is 12.0. The first-order valence-corrected chi connectivity index (χ1v) is 9.28. The van der Waals surface area contributed by atoms with Gasteiger partial charge in [-0.2, -0.15) is 0 Å². The van der Waals surface area contributed by atoms with Crippen LogP contribution in [0.5, 0.6) is 0 Å². The minimum atomic E-state index is -1.80. The van der Waals surface area contributed by atoms with Crippen molar-refractivity contribution in [1.82, 2.24) is 4.90 Å². The quantitative estimate of drug-likeness (QED) is 0.778. The molecule has 0 aliphatic carbocycles. The average molecular weight is 275 g/mol. The maximum absolute atomic E-state index is 11.4. The first-order valence-electron chi connectivity index (χ1n) is 6.37. The summed E-state index contributed by atoms with van der Waals surface area (Å²) in [6.07, 6.45) is -0.354. The summed E-state index contributed by atoms with van der Waals surface area (Å²) in [5, 5.41) is 9.09. The van der Waals surface area contributed by atoms with Crippen molar-refractivity contribution in [2.24, 2.45) is 0 Å². The van der Waals surface area contributed by atoms with Gasteiger partial charge >= 0.3 is 6.09 Å². The fourth-order valence-corrected chi connectivity index (χ4v) is 2.57. The number of aliphatic hydroxyl groups is 1. The molecule has 0 unspecified atom stereocenters. The van der Waals surface area contributed by atoms with Gasteiger partial charge in [0.25, 0.3) is 0 Å². The SMILES string of the molecule is CC(C)(C)[Si](C)(C)OC[C@H]1COC(=O)N1CCO. The summed E-state index contributed by atoms with van der Waals surface area (Å²) in [5.41, 5.74) is 0. The van der Waals surface area contributed by atoms with Crippen molar-refractivity contribution in [3.05, 3.63) is 0 Å². The summed E-state index contributed by atoms with van der Waals surface area (Å²) in [5.74, 6) is 0. The van der Waals surface area contributed by atoms with Crippen molar-refractivity contribution in [2.45, 2.75) is 44.9 Å². The minimum absolute atomic E-state index is 0.0499. The van der Waals surface area contributed by atoms with Gasteiger partial charge in [0.1, 0.15) is 6.61 Å². The second-order valence-corrected chi connectivity index (χ2v) is 11.0. The number of nitrogens with zero attached hydrogens (tertiary/aromatic N) is 1. The summed E-state index contributed by atoms with van der Waals surface area (Å²) in [7, 11) is -1.80. The van der Waals surface area contributed by atoms with Gasteiger partial charge in [-0.25, -0.2) is 4.79 Å². The van der Waals surface area contributed by atoms with Gasteiger partial charge < -0.3 is 14.3 Å². The highest BCUT2D eigenvalue weighted by Gasteiger charge is 2.40. The molecule has 0 aromatic rings. The molecule has 18 heavy (non-hydrogen) atoms. The number of rotatable bonds is 5. The fourth-order valence-electron chi connectivity index (χ4n) is 1.53. The Labute approximate surface area is 110 Å². The van der Waals surface area contributed by atoms with E-state index >= 15 is 0 Å². The van der Waals surface area contributed by atoms with Crippen LogP contribution in [0.1, 0.15) is 20.8 Å². The van der Waals surface area contributed by atoms with Crippen LogP contribution in [-0.2, 0) is 9.16 Å². The molecule has 1 rings (SSSR count). The van der Waals surface area contributed by atoms with Crippen molar-refractivity contribution < 1.29 is 19.1 Å². The van der Waals surface area contributed by atoms with Crippen LogP contribution in [0.3, 0.4) is 0 Å². The lowest BCUT2D eigenvalue weighted by molar-refractivity contribution is 0.140. The van der Waals surface area contributed by atoms with E-state index in [2.05, 4.69) is 33.9 Å². The maximum Gasteiger partial charge on any atom is 0.410 e. The van der Waals surface area contributed by atoms with E-state index in [4.69, 9.17) is 14.3 Å². The lowest BCUT2D eigenvalue weighted by atomic mass is 10.2. The molecule has 106 valence electrons. The number of hydrogen-bond acceptors (Lipinski definition) is 4. The molecule has 1 heterocycles. The standard InChI is InChI=1S/C12H25NO4Si/c1-12(2,3)18(4,5)17-9-10-8-16-11(15)13(10)6-7-14/h10,14H,6-9H2,1-5H3/t10-/m1/s1. The van der Waals surface area contributed by atoms with E-state index in [1.165, 1.54) is 0 Å². The second-order valence-electron chi connectivity index (χ2n) is 6.22. The van der Waals surface area contributed by atoms with Gasteiger partial charge in [-0.05, 0) is 18.1 Å². The van der Waals surface area contributed by atoms with E-state index in [0.29, 0.717) is 19.8 Å². The lowest BCUT2D eigenvalue weighted by Gasteiger charge is -2.37. The molecular formula is C12H25NO4Si. The number of β-amino-alcohol motifs (C(OH)–C–C–N with tert-alkyl or cyclic N) is 1. The van der Waals surface area contributed by atoms with Gasteiger partial charge in [0.05, 0.1) is 19.3 Å². The molecule has 5 nitrogen and oxygen atoms in total. The number of cyclic esters (lactones) is 1. The third kappa shape index (κ3) is 3.46. The number of hydrogen-bond donors (Lipinski definition) is 1. The van der Waals surface area contributed by atoms with Crippen LogP contribution in [0, 0.1) is 0 Å². The van der Waals surface area contributed by atoms with Crippen LogP contribution >= 0.6 is 0 Å². The Morgan fingerprint density at radius 2 is 2.11 bits per heavy atom. The molecule has 1 aliphatic heterocycles. The molecule has 1 aliphatic rings. The molecule has 1 saturated heterocycles. The Kier molecular flexibility index (Phi) is 4.80. The summed E-state index contributed by atoms with van der Waals surface area (Å²) < 4.78 is 11.1. The molecule has 1 N–H and O–H groups in total. The van der Waals surface area contributed by atoms with Crippen LogP contribution in [0.15, 0.2) is 0 Å². The topological polar surface area (TPSA) is 59.0 Å². The number of aliphatic hydroxyl groups excluding tert-OH is 1. The number of ether oxygens (including phenoxy) is 1. The van der Waals surface area contributed by atoms with Crippen LogP contribution in [0.4, 0.5) is 4.79 Å². The predicted molar refractivity (Wildman–Crippen MR) is 72.1 cm³/mol. The Hall–Kier alpha value is -0.593. The Bertz CT molecular complexity index is 301. The molecule has 0 aromatic carbocycles.